The predicted molar refractivity (Wildman–Crippen MR) is 65.0 cm³/mol. The summed E-state index contributed by atoms with van der Waals surface area (Å²) in [7, 11) is 0. The molecule has 1 heterocycles. The molecule has 2 atom stereocenters. The minimum atomic E-state index is -0.0687. The molecule has 3 heteroatoms. The van der Waals surface area contributed by atoms with E-state index in [0.717, 1.165) is 35.0 Å². The topological polar surface area (TPSA) is 64.9 Å². The van der Waals surface area contributed by atoms with E-state index in [-0.39, 0.29) is 12.1 Å². The third kappa shape index (κ3) is 1.40. The molecule has 0 saturated heterocycles. The van der Waals surface area contributed by atoms with Gasteiger partial charge in [0.15, 0.2) is 0 Å². The average molecular weight is 213 g/mol. The van der Waals surface area contributed by atoms with Crippen LogP contribution in [0, 0.1) is 0 Å². The summed E-state index contributed by atoms with van der Waals surface area (Å²) in [6, 6.07) is 10.3. The second kappa shape index (κ2) is 3.54. The van der Waals surface area contributed by atoms with Gasteiger partial charge in [-0.2, -0.15) is 0 Å². The van der Waals surface area contributed by atoms with E-state index in [1.807, 2.05) is 18.2 Å². The summed E-state index contributed by atoms with van der Waals surface area (Å²) in [4.78, 5) is 4.67. The van der Waals surface area contributed by atoms with Crippen LogP contribution in [0.4, 0.5) is 0 Å². The van der Waals surface area contributed by atoms with Crippen LogP contribution >= 0.6 is 0 Å². The molecule has 0 radical (unpaired) electrons. The summed E-state index contributed by atoms with van der Waals surface area (Å²) in [5, 5.41) is 1.14. The van der Waals surface area contributed by atoms with Crippen LogP contribution in [0.1, 0.15) is 23.7 Å². The van der Waals surface area contributed by atoms with Gasteiger partial charge in [-0.05, 0) is 30.5 Å². The Morgan fingerprint density at radius 3 is 2.88 bits per heavy atom. The maximum Gasteiger partial charge on any atom is 0.0705 e. The first-order valence-corrected chi connectivity index (χ1v) is 5.65. The molecule has 0 saturated carbocycles. The van der Waals surface area contributed by atoms with Gasteiger partial charge in [0.05, 0.1) is 5.52 Å². The Bertz CT molecular complexity index is 536. The fourth-order valence-corrected chi connectivity index (χ4v) is 2.37. The molecule has 3 rings (SSSR count). The van der Waals surface area contributed by atoms with Gasteiger partial charge >= 0.3 is 0 Å². The van der Waals surface area contributed by atoms with Gasteiger partial charge in [-0.1, -0.05) is 18.2 Å². The fraction of sp³-hybridized carbons (Fsp3) is 0.308. The SMILES string of the molecule is NC1CCc2nc3ccccc3cc2C1N. The lowest BCUT2D eigenvalue weighted by Gasteiger charge is -2.27. The highest BCUT2D eigenvalue weighted by atomic mass is 14.8. The molecular formula is C13H15N3. The molecule has 4 N–H and O–H groups in total. The van der Waals surface area contributed by atoms with Gasteiger partial charge in [-0.15, -0.1) is 0 Å². The molecule has 2 unspecified atom stereocenters. The summed E-state index contributed by atoms with van der Waals surface area (Å²) in [6.45, 7) is 0. The van der Waals surface area contributed by atoms with Crippen molar-refractivity contribution in [3.05, 3.63) is 41.6 Å². The van der Waals surface area contributed by atoms with Crippen LogP contribution in [-0.4, -0.2) is 11.0 Å². The Morgan fingerprint density at radius 2 is 2.00 bits per heavy atom. The standard InChI is InChI=1S/C13H15N3/c14-10-5-6-12-9(13(10)15)7-8-3-1-2-4-11(8)16-12/h1-4,7,10,13H,5-6,14-15H2. The Labute approximate surface area is 94.5 Å². The second-order valence-corrected chi connectivity index (χ2v) is 4.45. The number of pyridine rings is 1. The molecule has 1 aromatic heterocycles. The zero-order valence-electron chi connectivity index (χ0n) is 9.06. The van der Waals surface area contributed by atoms with Crippen LogP contribution in [0.5, 0.6) is 0 Å². The highest BCUT2D eigenvalue weighted by Gasteiger charge is 2.24. The fourth-order valence-electron chi connectivity index (χ4n) is 2.37. The minimum Gasteiger partial charge on any atom is -0.326 e. The zero-order chi connectivity index (χ0) is 11.1. The van der Waals surface area contributed by atoms with Crippen molar-refractivity contribution in [2.45, 2.75) is 24.9 Å². The Morgan fingerprint density at radius 1 is 1.19 bits per heavy atom. The third-order valence-corrected chi connectivity index (χ3v) is 3.37. The summed E-state index contributed by atoms with van der Waals surface area (Å²) < 4.78 is 0. The Kier molecular flexibility index (Phi) is 2.16. The highest BCUT2D eigenvalue weighted by Crippen LogP contribution is 2.28. The monoisotopic (exact) mass is 213 g/mol. The van der Waals surface area contributed by atoms with Crippen LogP contribution in [0.25, 0.3) is 10.9 Å². The summed E-state index contributed by atoms with van der Waals surface area (Å²) in [5.41, 5.74) is 15.4. The molecule has 0 amide bonds. The molecule has 0 fully saturated rings. The minimum absolute atomic E-state index is 0.0652. The first-order valence-electron chi connectivity index (χ1n) is 5.65. The van der Waals surface area contributed by atoms with E-state index < -0.39 is 0 Å². The van der Waals surface area contributed by atoms with Gasteiger partial charge < -0.3 is 11.5 Å². The number of rotatable bonds is 0. The molecule has 3 nitrogen and oxygen atoms in total. The smallest absolute Gasteiger partial charge is 0.0705 e. The van der Waals surface area contributed by atoms with Crippen molar-refractivity contribution in [3.8, 4) is 0 Å². The first kappa shape index (κ1) is 9.75. The predicted octanol–water partition coefficient (Wildman–Crippen LogP) is 1.51. The highest BCUT2D eigenvalue weighted by molar-refractivity contribution is 5.79. The van der Waals surface area contributed by atoms with Crippen molar-refractivity contribution in [3.63, 3.8) is 0 Å². The van der Waals surface area contributed by atoms with Crippen LogP contribution in [0.2, 0.25) is 0 Å². The number of hydrogen-bond donors (Lipinski definition) is 2. The summed E-state index contributed by atoms with van der Waals surface area (Å²) in [5.74, 6) is 0. The molecule has 82 valence electrons. The van der Waals surface area contributed by atoms with Crippen LogP contribution < -0.4 is 11.5 Å². The van der Waals surface area contributed by atoms with Crippen LogP contribution in [-0.2, 0) is 6.42 Å². The first-order chi connectivity index (χ1) is 7.75. The van der Waals surface area contributed by atoms with Gasteiger partial charge in [-0.3, -0.25) is 4.98 Å². The molecule has 1 aromatic carbocycles. The largest absolute Gasteiger partial charge is 0.326 e. The molecule has 2 aromatic rings. The molecule has 1 aliphatic rings. The van der Waals surface area contributed by atoms with E-state index in [1.54, 1.807) is 0 Å². The lowest BCUT2D eigenvalue weighted by molar-refractivity contribution is 0.476. The van der Waals surface area contributed by atoms with Crippen molar-refractivity contribution in [1.82, 2.24) is 4.98 Å². The van der Waals surface area contributed by atoms with Gasteiger partial charge in [0.25, 0.3) is 0 Å². The molecule has 16 heavy (non-hydrogen) atoms. The molecule has 0 bridgehead atoms. The molecule has 0 spiro atoms. The van der Waals surface area contributed by atoms with E-state index in [9.17, 15) is 0 Å². The number of nitrogens with zero attached hydrogens (tertiary/aromatic N) is 1. The van der Waals surface area contributed by atoms with E-state index in [2.05, 4.69) is 17.1 Å². The number of para-hydroxylation sites is 1. The molecule has 0 aliphatic heterocycles. The van der Waals surface area contributed by atoms with Crippen molar-refractivity contribution < 1.29 is 0 Å². The molecular weight excluding hydrogens is 198 g/mol. The van der Waals surface area contributed by atoms with E-state index >= 15 is 0 Å². The zero-order valence-corrected chi connectivity index (χ0v) is 9.06. The number of hydrogen-bond acceptors (Lipinski definition) is 3. The van der Waals surface area contributed by atoms with Crippen molar-refractivity contribution >= 4 is 10.9 Å². The number of nitrogens with two attached hydrogens (primary N) is 2. The van der Waals surface area contributed by atoms with E-state index in [4.69, 9.17) is 11.5 Å². The number of fused-ring (bicyclic) bond motifs is 2. The van der Waals surface area contributed by atoms with Crippen molar-refractivity contribution in [1.29, 1.82) is 0 Å². The number of aryl methyl sites for hydroxylation is 1. The lowest BCUT2D eigenvalue weighted by atomic mass is 9.87. The summed E-state index contributed by atoms with van der Waals surface area (Å²) in [6.07, 6.45) is 1.87. The van der Waals surface area contributed by atoms with Gasteiger partial charge in [0.1, 0.15) is 0 Å². The van der Waals surface area contributed by atoms with Crippen molar-refractivity contribution in [2.75, 3.05) is 0 Å². The molecule has 1 aliphatic carbocycles. The lowest BCUT2D eigenvalue weighted by Crippen LogP contribution is -2.38. The number of benzene rings is 1. The number of aromatic nitrogens is 1. The van der Waals surface area contributed by atoms with Crippen molar-refractivity contribution in [2.24, 2.45) is 11.5 Å². The van der Waals surface area contributed by atoms with E-state index in [0.29, 0.717) is 0 Å². The summed E-state index contributed by atoms with van der Waals surface area (Å²) >= 11 is 0. The van der Waals surface area contributed by atoms with Crippen LogP contribution in [0.15, 0.2) is 30.3 Å². The second-order valence-electron chi connectivity index (χ2n) is 4.45. The quantitative estimate of drug-likeness (QED) is 0.697. The maximum absolute atomic E-state index is 6.12. The Hall–Kier alpha value is -1.45. The third-order valence-electron chi connectivity index (χ3n) is 3.37. The normalized spacial score (nSPS) is 24.4. The average Bonchev–Trinajstić information content (AvgIpc) is 2.32. The van der Waals surface area contributed by atoms with Gasteiger partial charge in [0.2, 0.25) is 0 Å². The Balaban J connectivity index is 2.23. The van der Waals surface area contributed by atoms with Gasteiger partial charge in [-0.25, -0.2) is 0 Å². The van der Waals surface area contributed by atoms with Gasteiger partial charge in [0, 0.05) is 23.2 Å². The maximum atomic E-state index is 6.12. The van der Waals surface area contributed by atoms with E-state index in [1.165, 1.54) is 0 Å². The van der Waals surface area contributed by atoms with Crippen LogP contribution in [0.3, 0.4) is 0 Å².